The second-order valence-corrected chi connectivity index (χ2v) is 7.48. The van der Waals surface area contributed by atoms with Crippen LogP contribution in [0.5, 0.6) is 11.5 Å². The van der Waals surface area contributed by atoms with Gasteiger partial charge in [0.15, 0.2) is 11.5 Å². The second kappa shape index (κ2) is 7.17. The maximum absolute atomic E-state index is 14.2. The van der Waals surface area contributed by atoms with Crippen molar-refractivity contribution in [2.75, 3.05) is 13.2 Å². The highest BCUT2D eigenvalue weighted by Crippen LogP contribution is 2.40. The Morgan fingerprint density at radius 3 is 2.32 bits per heavy atom. The summed E-state index contributed by atoms with van der Waals surface area (Å²) < 4.78 is 25.6. The van der Waals surface area contributed by atoms with E-state index in [2.05, 4.69) is 12.1 Å². The van der Waals surface area contributed by atoms with E-state index in [0.29, 0.717) is 23.9 Å². The molecular formula is C23H16FNO2S. The summed E-state index contributed by atoms with van der Waals surface area (Å²) in [6.07, 6.45) is 0. The van der Waals surface area contributed by atoms with Crippen LogP contribution in [0.3, 0.4) is 0 Å². The molecule has 0 amide bonds. The third-order valence-electron chi connectivity index (χ3n) is 4.59. The minimum atomic E-state index is -0.252. The van der Waals surface area contributed by atoms with E-state index in [1.807, 2.05) is 42.5 Å². The summed E-state index contributed by atoms with van der Waals surface area (Å²) in [6.45, 7) is 1.06. The normalized spacial score (nSPS) is 12.9. The summed E-state index contributed by atoms with van der Waals surface area (Å²) in [5.74, 6) is 1.17. The van der Waals surface area contributed by atoms with Gasteiger partial charge in [-0.05, 0) is 35.4 Å². The molecule has 1 aliphatic rings. The number of pyridine rings is 1. The highest BCUT2D eigenvalue weighted by atomic mass is 32.2. The molecule has 5 rings (SSSR count). The van der Waals surface area contributed by atoms with Gasteiger partial charge >= 0.3 is 0 Å². The van der Waals surface area contributed by atoms with Crippen molar-refractivity contribution in [1.29, 1.82) is 0 Å². The predicted octanol–water partition coefficient (Wildman–Crippen LogP) is 5.96. The number of benzene rings is 3. The molecule has 0 N–H and O–H groups in total. The van der Waals surface area contributed by atoms with Gasteiger partial charge in [-0.1, -0.05) is 54.2 Å². The lowest BCUT2D eigenvalue weighted by Gasteiger charge is -2.20. The van der Waals surface area contributed by atoms with E-state index in [-0.39, 0.29) is 5.82 Å². The molecule has 0 radical (unpaired) electrons. The largest absolute Gasteiger partial charge is 0.486 e. The van der Waals surface area contributed by atoms with Crippen molar-refractivity contribution in [2.24, 2.45) is 0 Å². The standard InChI is InChI=1S/C23H16FNO2S/c24-18-8-4-5-9-22(18)28-23-13-16(15-6-2-1-3-7-15)17-12-20-21(14-19(17)25-23)27-11-10-26-20/h1-9,12-14H,10-11H2. The lowest BCUT2D eigenvalue weighted by atomic mass is 10.0. The Morgan fingerprint density at radius 1 is 0.821 bits per heavy atom. The number of ether oxygens (including phenoxy) is 2. The first kappa shape index (κ1) is 17.1. The van der Waals surface area contributed by atoms with Crippen molar-refractivity contribution in [2.45, 2.75) is 9.92 Å². The van der Waals surface area contributed by atoms with Gasteiger partial charge in [-0.2, -0.15) is 0 Å². The minimum absolute atomic E-state index is 0.252. The summed E-state index contributed by atoms with van der Waals surface area (Å²) >= 11 is 1.32. The molecule has 1 aliphatic heterocycles. The minimum Gasteiger partial charge on any atom is -0.486 e. The number of halogens is 1. The van der Waals surface area contributed by atoms with Crippen LogP contribution in [0.4, 0.5) is 4.39 Å². The average Bonchev–Trinajstić information content (AvgIpc) is 2.74. The molecule has 2 heterocycles. The van der Waals surface area contributed by atoms with E-state index < -0.39 is 0 Å². The predicted molar refractivity (Wildman–Crippen MR) is 109 cm³/mol. The molecule has 138 valence electrons. The van der Waals surface area contributed by atoms with Gasteiger partial charge < -0.3 is 9.47 Å². The Kier molecular flexibility index (Phi) is 4.37. The fourth-order valence-electron chi connectivity index (χ4n) is 3.29. The maximum atomic E-state index is 14.2. The molecule has 1 aromatic heterocycles. The molecule has 0 aliphatic carbocycles. The van der Waals surface area contributed by atoms with Gasteiger partial charge in [0.1, 0.15) is 24.1 Å². The molecule has 4 aromatic rings. The Morgan fingerprint density at radius 2 is 1.54 bits per heavy atom. The van der Waals surface area contributed by atoms with Crippen LogP contribution in [-0.4, -0.2) is 18.2 Å². The summed E-state index contributed by atoms with van der Waals surface area (Å²) in [6, 6.07) is 22.7. The van der Waals surface area contributed by atoms with Crippen molar-refractivity contribution in [3.63, 3.8) is 0 Å². The van der Waals surface area contributed by atoms with E-state index >= 15 is 0 Å². The highest BCUT2D eigenvalue weighted by molar-refractivity contribution is 7.99. The third-order valence-corrected chi connectivity index (χ3v) is 5.55. The number of nitrogens with zero attached hydrogens (tertiary/aromatic N) is 1. The van der Waals surface area contributed by atoms with Gasteiger partial charge in [0.05, 0.1) is 5.52 Å². The summed E-state index contributed by atoms with van der Waals surface area (Å²) in [4.78, 5) is 5.31. The topological polar surface area (TPSA) is 31.4 Å². The number of fused-ring (bicyclic) bond motifs is 2. The summed E-state index contributed by atoms with van der Waals surface area (Å²) in [7, 11) is 0. The van der Waals surface area contributed by atoms with Crippen LogP contribution in [0.25, 0.3) is 22.0 Å². The smallest absolute Gasteiger partial charge is 0.163 e. The zero-order valence-electron chi connectivity index (χ0n) is 14.9. The van der Waals surface area contributed by atoms with Gasteiger partial charge in [-0.15, -0.1) is 0 Å². The lowest BCUT2D eigenvalue weighted by Crippen LogP contribution is -2.15. The van der Waals surface area contributed by atoms with Crippen molar-refractivity contribution in [1.82, 2.24) is 4.98 Å². The molecule has 0 atom stereocenters. The zero-order chi connectivity index (χ0) is 18.9. The molecule has 0 saturated carbocycles. The molecule has 0 unspecified atom stereocenters. The zero-order valence-corrected chi connectivity index (χ0v) is 15.7. The molecule has 0 spiro atoms. The first-order valence-electron chi connectivity index (χ1n) is 9.00. The molecule has 0 saturated heterocycles. The average molecular weight is 389 g/mol. The fraction of sp³-hybridized carbons (Fsp3) is 0.0870. The molecule has 3 nitrogen and oxygen atoms in total. The van der Waals surface area contributed by atoms with Crippen LogP contribution < -0.4 is 9.47 Å². The Bertz CT molecular complexity index is 1160. The van der Waals surface area contributed by atoms with Gasteiger partial charge in [0, 0.05) is 16.3 Å². The number of hydrogen-bond acceptors (Lipinski definition) is 4. The number of aromatic nitrogens is 1. The van der Waals surface area contributed by atoms with Crippen molar-refractivity contribution < 1.29 is 13.9 Å². The van der Waals surface area contributed by atoms with Gasteiger partial charge in [0.2, 0.25) is 0 Å². The van der Waals surface area contributed by atoms with Crippen molar-refractivity contribution in [3.8, 4) is 22.6 Å². The van der Waals surface area contributed by atoms with Crippen LogP contribution in [-0.2, 0) is 0 Å². The number of rotatable bonds is 3. The summed E-state index contributed by atoms with van der Waals surface area (Å²) in [5.41, 5.74) is 2.90. The van der Waals surface area contributed by atoms with Gasteiger partial charge in [0.25, 0.3) is 0 Å². The van der Waals surface area contributed by atoms with E-state index in [9.17, 15) is 4.39 Å². The Labute approximate surface area is 166 Å². The van der Waals surface area contributed by atoms with E-state index in [4.69, 9.17) is 14.5 Å². The van der Waals surface area contributed by atoms with Crippen LogP contribution in [0.1, 0.15) is 0 Å². The van der Waals surface area contributed by atoms with Crippen LogP contribution in [0.2, 0.25) is 0 Å². The van der Waals surface area contributed by atoms with E-state index in [0.717, 1.165) is 32.8 Å². The summed E-state index contributed by atoms with van der Waals surface area (Å²) in [5, 5.41) is 1.71. The van der Waals surface area contributed by atoms with Crippen LogP contribution >= 0.6 is 11.8 Å². The van der Waals surface area contributed by atoms with Gasteiger partial charge in [-0.25, -0.2) is 9.37 Å². The van der Waals surface area contributed by atoms with Crippen molar-refractivity contribution >= 4 is 22.7 Å². The Hall–Kier alpha value is -3.05. The SMILES string of the molecule is Fc1ccccc1Sc1cc(-c2ccccc2)c2cc3c(cc2n1)OCCO3. The molecule has 0 fully saturated rings. The second-order valence-electron chi connectivity index (χ2n) is 6.42. The van der Waals surface area contributed by atoms with E-state index in [1.54, 1.807) is 12.1 Å². The number of hydrogen-bond donors (Lipinski definition) is 0. The fourth-order valence-corrected chi connectivity index (χ4v) is 4.15. The first-order chi connectivity index (χ1) is 13.8. The Balaban J connectivity index is 1.70. The molecule has 28 heavy (non-hydrogen) atoms. The quantitative estimate of drug-likeness (QED) is 0.432. The first-order valence-corrected chi connectivity index (χ1v) is 9.82. The maximum Gasteiger partial charge on any atom is 0.163 e. The van der Waals surface area contributed by atoms with Crippen LogP contribution in [0.15, 0.2) is 82.7 Å². The van der Waals surface area contributed by atoms with Gasteiger partial charge in [-0.3, -0.25) is 0 Å². The molecular weight excluding hydrogens is 373 g/mol. The third kappa shape index (κ3) is 3.18. The van der Waals surface area contributed by atoms with Crippen LogP contribution in [0, 0.1) is 5.82 Å². The van der Waals surface area contributed by atoms with E-state index in [1.165, 1.54) is 17.8 Å². The van der Waals surface area contributed by atoms with Crippen molar-refractivity contribution in [3.05, 3.63) is 78.6 Å². The molecule has 3 aromatic carbocycles. The molecule has 0 bridgehead atoms. The monoisotopic (exact) mass is 389 g/mol. The lowest BCUT2D eigenvalue weighted by molar-refractivity contribution is 0.172. The molecule has 5 heteroatoms. The highest BCUT2D eigenvalue weighted by Gasteiger charge is 2.17.